The lowest BCUT2D eigenvalue weighted by Gasteiger charge is -2.14. The fourth-order valence-electron chi connectivity index (χ4n) is 2.97. The second-order valence-corrected chi connectivity index (χ2v) is 5.85. The van der Waals surface area contributed by atoms with E-state index in [0.717, 1.165) is 40.6 Å². The molecule has 0 aliphatic carbocycles. The van der Waals surface area contributed by atoms with Crippen LogP contribution in [0.15, 0.2) is 58.5 Å². The van der Waals surface area contributed by atoms with Crippen molar-refractivity contribution in [3.63, 3.8) is 0 Å². The van der Waals surface area contributed by atoms with Gasteiger partial charge in [0.05, 0.1) is 6.54 Å². The van der Waals surface area contributed by atoms with Crippen LogP contribution in [-0.2, 0) is 0 Å². The molecule has 0 fully saturated rings. The van der Waals surface area contributed by atoms with Gasteiger partial charge < -0.3 is 5.73 Å². The van der Waals surface area contributed by atoms with E-state index in [2.05, 4.69) is 34.3 Å². The largest absolute Gasteiger partial charge is 0.369 e. The lowest BCUT2D eigenvalue weighted by Crippen LogP contribution is -2.35. The summed E-state index contributed by atoms with van der Waals surface area (Å²) in [7, 11) is 0. The van der Waals surface area contributed by atoms with Gasteiger partial charge in [-0.25, -0.2) is 4.99 Å². The van der Waals surface area contributed by atoms with Crippen molar-refractivity contribution < 1.29 is 0 Å². The van der Waals surface area contributed by atoms with E-state index in [-0.39, 0.29) is 6.04 Å². The molecule has 2 heterocycles. The Bertz CT molecular complexity index is 797. The zero-order valence-electron chi connectivity index (χ0n) is 11.9. The molecule has 4 rings (SSSR count). The van der Waals surface area contributed by atoms with Crippen molar-refractivity contribution in [2.45, 2.75) is 6.04 Å². The highest BCUT2D eigenvalue weighted by molar-refractivity contribution is 6.30. The Morgan fingerprint density at radius 1 is 1.09 bits per heavy atom. The average molecular weight is 311 g/mol. The SMILES string of the molecule is NC1=NC(c2cccc(-c3cccc(Cl)c3)c2)C2=NCCN12. The Morgan fingerprint density at radius 3 is 2.68 bits per heavy atom. The summed E-state index contributed by atoms with van der Waals surface area (Å²) in [6.07, 6.45) is 0. The summed E-state index contributed by atoms with van der Waals surface area (Å²) >= 11 is 6.09. The molecule has 0 aromatic heterocycles. The summed E-state index contributed by atoms with van der Waals surface area (Å²) in [5.41, 5.74) is 9.30. The van der Waals surface area contributed by atoms with Crippen LogP contribution in [0.2, 0.25) is 5.02 Å². The van der Waals surface area contributed by atoms with Crippen LogP contribution in [0, 0.1) is 0 Å². The molecule has 22 heavy (non-hydrogen) atoms. The number of nitrogens with zero attached hydrogens (tertiary/aromatic N) is 3. The number of amidine groups is 1. The van der Waals surface area contributed by atoms with Gasteiger partial charge in [-0.2, -0.15) is 0 Å². The number of halogens is 1. The molecular formula is C17H15ClN4. The summed E-state index contributed by atoms with van der Waals surface area (Å²) in [6, 6.07) is 16.1. The molecule has 2 aliphatic heterocycles. The van der Waals surface area contributed by atoms with Crippen molar-refractivity contribution in [1.82, 2.24) is 4.90 Å². The van der Waals surface area contributed by atoms with E-state index in [1.165, 1.54) is 0 Å². The molecule has 110 valence electrons. The fourth-order valence-corrected chi connectivity index (χ4v) is 3.16. The van der Waals surface area contributed by atoms with Gasteiger partial charge in [0.15, 0.2) is 5.96 Å². The number of nitrogens with two attached hydrogens (primary N) is 1. The van der Waals surface area contributed by atoms with Gasteiger partial charge in [-0.15, -0.1) is 0 Å². The van der Waals surface area contributed by atoms with E-state index in [1.807, 2.05) is 29.2 Å². The number of hydrogen-bond acceptors (Lipinski definition) is 4. The monoisotopic (exact) mass is 310 g/mol. The molecule has 1 unspecified atom stereocenters. The van der Waals surface area contributed by atoms with Gasteiger partial charge in [-0.05, 0) is 34.9 Å². The van der Waals surface area contributed by atoms with E-state index in [0.29, 0.717) is 5.96 Å². The minimum Gasteiger partial charge on any atom is -0.369 e. The molecule has 0 saturated carbocycles. The van der Waals surface area contributed by atoms with Crippen molar-refractivity contribution in [3.8, 4) is 11.1 Å². The highest BCUT2D eigenvalue weighted by Crippen LogP contribution is 2.31. The first-order chi connectivity index (χ1) is 10.7. The third-order valence-electron chi connectivity index (χ3n) is 4.02. The normalized spacial score (nSPS) is 19.9. The Hall–Kier alpha value is -2.33. The van der Waals surface area contributed by atoms with Crippen molar-refractivity contribution in [3.05, 3.63) is 59.1 Å². The molecule has 0 bridgehead atoms. The standard InChI is InChI=1S/C17H15ClN4/c18-14-6-2-4-12(10-14)11-3-1-5-13(9-11)15-16-20-7-8-22(16)17(19)21-15/h1-6,9-10,15H,7-8H2,(H2,19,21). The van der Waals surface area contributed by atoms with E-state index in [4.69, 9.17) is 17.3 Å². The Kier molecular flexibility index (Phi) is 3.12. The quantitative estimate of drug-likeness (QED) is 0.926. The van der Waals surface area contributed by atoms with Gasteiger partial charge in [0.2, 0.25) is 0 Å². The summed E-state index contributed by atoms with van der Waals surface area (Å²) in [6.45, 7) is 1.62. The van der Waals surface area contributed by atoms with Crippen LogP contribution in [0.3, 0.4) is 0 Å². The predicted octanol–water partition coefficient (Wildman–Crippen LogP) is 3.09. The van der Waals surface area contributed by atoms with Crippen LogP contribution in [0.4, 0.5) is 0 Å². The Labute approximate surface area is 133 Å². The summed E-state index contributed by atoms with van der Waals surface area (Å²) in [5.74, 6) is 1.52. The minimum atomic E-state index is -0.0957. The number of rotatable bonds is 2. The number of guanidine groups is 1. The van der Waals surface area contributed by atoms with Gasteiger partial charge in [-0.3, -0.25) is 9.89 Å². The van der Waals surface area contributed by atoms with E-state index < -0.39 is 0 Å². The number of fused-ring (bicyclic) bond motifs is 1. The molecule has 1 atom stereocenters. The second-order valence-electron chi connectivity index (χ2n) is 5.42. The maximum Gasteiger partial charge on any atom is 0.197 e. The molecular weight excluding hydrogens is 296 g/mol. The fraction of sp³-hybridized carbons (Fsp3) is 0.176. The predicted molar refractivity (Wildman–Crippen MR) is 90.3 cm³/mol. The molecule has 2 aromatic rings. The molecule has 0 saturated heterocycles. The van der Waals surface area contributed by atoms with E-state index >= 15 is 0 Å². The van der Waals surface area contributed by atoms with Gasteiger partial charge in [0.1, 0.15) is 11.9 Å². The van der Waals surface area contributed by atoms with Crippen molar-refractivity contribution >= 4 is 23.4 Å². The van der Waals surface area contributed by atoms with Gasteiger partial charge in [-0.1, -0.05) is 41.9 Å². The third kappa shape index (κ3) is 2.16. The Morgan fingerprint density at radius 2 is 1.86 bits per heavy atom. The van der Waals surface area contributed by atoms with Gasteiger partial charge >= 0.3 is 0 Å². The maximum atomic E-state index is 6.09. The van der Waals surface area contributed by atoms with Crippen molar-refractivity contribution in [2.75, 3.05) is 13.1 Å². The third-order valence-corrected chi connectivity index (χ3v) is 4.25. The number of benzene rings is 2. The minimum absolute atomic E-state index is 0.0957. The molecule has 5 heteroatoms. The van der Waals surface area contributed by atoms with Crippen LogP contribution < -0.4 is 5.73 Å². The van der Waals surface area contributed by atoms with E-state index in [1.54, 1.807) is 0 Å². The molecule has 0 spiro atoms. The van der Waals surface area contributed by atoms with E-state index in [9.17, 15) is 0 Å². The van der Waals surface area contributed by atoms with Gasteiger partial charge in [0.25, 0.3) is 0 Å². The van der Waals surface area contributed by atoms with Gasteiger partial charge in [0, 0.05) is 11.6 Å². The van der Waals surface area contributed by atoms with Crippen LogP contribution in [0.1, 0.15) is 11.6 Å². The molecule has 0 radical (unpaired) electrons. The first kappa shape index (κ1) is 13.3. The van der Waals surface area contributed by atoms with Crippen LogP contribution in [-0.4, -0.2) is 29.8 Å². The first-order valence-electron chi connectivity index (χ1n) is 7.23. The van der Waals surface area contributed by atoms with Crippen LogP contribution in [0.25, 0.3) is 11.1 Å². The number of hydrogen-bond donors (Lipinski definition) is 1. The van der Waals surface area contributed by atoms with Crippen LogP contribution >= 0.6 is 11.6 Å². The zero-order chi connectivity index (χ0) is 15.1. The average Bonchev–Trinajstić information content (AvgIpc) is 3.12. The molecule has 0 amide bonds. The summed E-state index contributed by atoms with van der Waals surface area (Å²) in [4.78, 5) is 11.1. The first-order valence-corrected chi connectivity index (χ1v) is 7.61. The summed E-state index contributed by atoms with van der Waals surface area (Å²) in [5, 5.41) is 0.734. The smallest absolute Gasteiger partial charge is 0.197 e. The Balaban J connectivity index is 1.74. The van der Waals surface area contributed by atoms with Crippen LogP contribution in [0.5, 0.6) is 0 Å². The molecule has 2 aliphatic rings. The lowest BCUT2D eigenvalue weighted by molar-refractivity contribution is 0.665. The van der Waals surface area contributed by atoms with Crippen molar-refractivity contribution in [2.24, 2.45) is 15.7 Å². The summed E-state index contributed by atoms with van der Waals surface area (Å²) < 4.78 is 0. The van der Waals surface area contributed by atoms with Crippen molar-refractivity contribution in [1.29, 1.82) is 0 Å². The second kappa shape index (κ2) is 5.14. The topological polar surface area (TPSA) is 54.0 Å². The molecule has 4 nitrogen and oxygen atoms in total. The maximum absolute atomic E-state index is 6.09. The highest BCUT2D eigenvalue weighted by atomic mass is 35.5. The molecule has 2 aromatic carbocycles. The lowest BCUT2D eigenvalue weighted by atomic mass is 9.99. The number of aliphatic imine (C=N–C) groups is 2. The zero-order valence-corrected chi connectivity index (χ0v) is 12.7. The highest BCUT2D eigenvalue weighted by Gasteiger charge is 2.34. The molecule has 2 N–H and O–H groups in total.